The molecule has 0 aliphatic heterocycles. The van der Waals surface area contributed by atoms with Crippen LogP contribution in [0, 0.1) is 20.2 Å². The number of carbonyl (C=O) groups excluding carboxylic acids is 2. The molecule has 0 N–H and O–H groups in total. The molecule has 0 saturated carbocycles. The number of hydrogen-bond acceptors (Lipinski definition) is 9. The fraction of sp³-hybridized carbons (Fsp3) is 0.133. The monoisotopic (exact) mass is 603 g/mol. The van der Waals surface area contributed by atoms with Gasteiger partial charge in [-0.3, -0.25) is 25.0 Å². The van der Waals surface area contributed by atoms with E-state index in [4.69, 9.17) is 4.74 Å². The zero-order chi connectivity index (χ0) is 31.5. The number of benzene rings is 4. The Morgan fingerprint density at radius 1 is 0.698 bits per heavy atom. The molecule has 0 bridgehead atoms. The molecule has 0 saturated heterocycles. The second kappa shape index (κ2) is 11.8. The number of anilines is 1. The third kappa shape index (κ3) is 6.73. The van der Waals surface area contributed by atoms with Crippen LogP contribution in [0.3, 0.4) is 0 Å². The topological polar surface area (TPSA) is 167 Å². The number of ether oxygens (including phenoxy) is 1. The number of carbonyl (C=O) groups is 2. The molecular formula is C30H25N3O9S. The fourth-order valence-electron chi connectivity index (χ4n) is 3.98. The number of nitro groups is 2. The van der Waals surface area contributed by atoms with E-state index in [9.17, 15) is 38.2 Å². The second-order valence-corrected chi connectivity index (χ2v) is 12.1. The normalized spacial score (nSPS) is 11.4. The molecule has 0 aliphatic rings. The molecule has 4 aromatic rings. The van der Waals surface area contributed by atoms with Gasteiger partial charge in [-0.25, -0.2) is 13.2 Å². The van der Waals surface area contributed by atoms with Crippen LogP contribution in [0.2, 0.25) is 0 Å². The highest BCUT2D eigenvalue weighted by molar-refractivity contribution is 7.93. The van der Waals surface area contributed by atoms with Gasteiger partial charge in [0.1, 0.15) is 5.75 Å². The Morgan fingerprint density at radius 3 is 1.60 bits per heavy atom. The van der Waals surface area contributed by atoms with Crippen molar-refractivity contribution in [2.24, 2.45) is 0 Å². The highest BCUT2D eigenvalue weighted by Crippen LogP contribution is 2.30. The molecule has 0 unspecified atom stereocenters. The Labute approximate surface area is 246 Å². The van der Waals surface area contributed by atoms with E-state index in [-0.39, 0.29) is 44.2 Å². The Bertz CT molecular complexity index is 1800. The van der Waals surface area contributed by atoms with Gasteiger partial charge in [0.25, 0.3) is 27.3 Å². The molecular weight excluding hydrogens is 578 g/mol. The number of rotatable bonds is 8. The quantitative estimate of drug-likeness (QED) is 0.101. The average molecular weight is 604 g/mol. The third-order valence-electron chi connectivity index (χ3n) is 6.36. The summed E-state index contributed by atoms with van der Waals surface area (Å²) in [7, 11) is -4.49. The van der Waals surface area contributed by atoms with Gasteiger partial charge in [0.15, 0.2) is 0 Å². The highest BCUT2D eigenvalue weighted by Gasteiger charge is 2.32. The number of esters is 1. The Kier molecular flexibility index (Phi) is 8.39. The van der Waals surface area contributed by atoms with Crippen molar-refractivity contribution in [1.29, 1.82) is 0 Å². The molecule has 220 valence electrons. The van der Waals surface area contributed by atoms with Crippen LogP contribution >= 0.6 is 0 Å². The first-order chi connectivity index (χ1) is 20.2. The Morgan fingerprint density at radius 2 is 1.16 bits per heavy atom. The summed E-state index contributed by atoms with van der Waals surface area (Å²) in [6.45, 7) is 5.91. The van der Waals surface area contributed by atoms with Gasteiger partial charge in [-0.2, -0.15) is 4.31 Å². The molecule has 0 atom stereocenters. The molecule has 0 aromatic heterocycles. The van der Waals surface area contributed by atoms with Gasteiger partial charge < -0.3 is 4.74 Å². The molecule has 0 fully saturated rings. The van der Waals surface area contributed by atoms with E-state index in [1.54, 1.807) is 12.1 Å². The highest BCUT2D eigenvalue weighted by atomic mass is 32.2. The van der Waals surface area contributed by atoms with Crippen LogP contribution in [0.15, 0.2) is 102 Å². The molecule has 4 aromatic carbocycles. The van der Waals surface area contributed by atoms with E-state index in [1.807, 2.05) is 20.8 Å². The minimum absolute atomic E-state index is 0.0155. The van der Waals surface area contributed by atoms with Crippen LogP contribution in [0.1, 0.15) is 47.1 Å². The van der Waals surface area contributed by atoms with E-state index in [1.165, 1.54) is 48.5 Å². The maximum Gasteiger partial charge on any atom is 0.343 e. The summed E-state index contributed by atoms with van der Waals surface area (Å²) in [5.74, 6) is -1.76. The van der Waals surface area contributed by atoms with Crippen molar-refractivity contribution in [2.45, 2.75) is 31.1 Å². The van der Waals surface area contributed by atoms with Gasteiger partial charge in [0.2, 0.25) is 0 Å². The molecule has 0 aliphatic carbocycles. The van der Waals surface area contributed by atoms with E-state index in [0.717, 1.165) is 42.0 Å². The first-order valence-corrected chi connectivity index (χ1v) is 14.1. The van der Waals surface area contributed by atoms with Gasteiger partial charge >= 0.3 is 5.97 Å². The minimum atomic E-state index is -4.49. The van der Waals surface area contributed by atoms with Crippen molar-refractivity contribution >= 4 is 39.0 Å². The van der Waals surface area contributed by atoms with Crippen LogP contribution in [0.5, 0.6) is 5.75 Å². The standard InChI is InChI=1S/C30H25N3O9S/c1-30(2,3)22-8-18-27(19-9-22)43(40,41)31(28(34)20-4-10-24(11-5-20)32(36)37)23-14-16-26(17-15-23)42-29(35)21-6-12-25(13-7-21)33(38)39/h4-19H,1-3H3. The van der Waals surface area contributed by atoms with E-state index < -0.39 is 31.7 Å². The van der Waals surface area contributed by atoms with Crippen molar-refractivity contribution in [3.05, 3.63) is 134 Å². The van der Waals surface area contributed by atoms with Crippen molar-refractivity contribution < 1.29 is 32.6 Å². The lowest BCUT2D eigenvalue weighted by Gasteiger charge is -2.24. The van der Waals surface area contributed by atoms with E-state index in [2.05, 4.69) is 0 Å². The van der Waals surface area contributed by atoms with Crippen molar-refractivity contribution in [1.82, 2.24) is 0 Å². The number of amides is 1. The smallest absolute Gasteiger partial charge is 0.343 e. The lowest BCUT2D eigenvalue weighted by atomic mass is 9.87. The number of nitro benzene ring substituents is 2. The summed E-state index contributed by atoms with van der Waals surface area (Å²) >= 11 is 0. The molecule has 1 amide bonds. The molecule has 4 rings (SSSR count). The predicted molar refractivity (Wildman–Crippen MR) is 157 cm³/mol. The van der Waals surface area contributed by atoms with Gasteiger partial charge in [0.05, 0.1) is 26.0 Å². The van der Waals surface area contributed by atoms with Crippen LogP contribution in [0.4, 0.5) is 17.1 Å². The first kappa shape index (κ1) is 30.5. The molecule has 43 heavy (non-hydrogen) atoms. The summed E-state index contributed by atoms with van der Waals surface area (Å²) in [4.78, 5) is 46.7. The first-order valence-electron chi connectivity index (χ1n) is 12.7. The van der Waals surface area contributed by atoms with Crippen LogP contribution in [-0.2, 0) is 15.4 Å². The number of non-ortho nitro benzene ring substituents is 2. The van der Waals surface area contributed by atoms with E-state index >= 15 is 0 Å². The molecule has 13 heteroatoms. The SMILES string of the molecule is CC(C)(C)c1ccc(S(=O)(=O)N(C(=O)c2ccc([N+](=O)[O-])cc2)c2ccc(OC(=O)c3ccc([N+](=O)[O-])cc3)cc2)cc1. The summed E-state index contributed by atoms with van der Waals surface area (Å²) in [5, 5.41) is 21.9. The number of sulfonamides is 1. The molecule has 0 heterocycles. The zero-order valence-electron chi connectivity index (χ0n) is 23.2. The molecule has 0 spiro atoms. The largest absolute Gasteiger partial charge is 0.423 e. The molecule has 0 radical (unpaired) electrons. The average Bonchev–Trinajstić information content (AvgIpc) is 2.97. The lowest BCUT2D eigenvalue weighted by Crippen LogP contribution is -2.37. The van der Waals surface area contributed by atoms with Crippen molar-refractivity contribution in [3.8, 4) is 5.75 Å². The number of hydrogen-bond donors (Lipinski definition) is 0. The van der Waals surface area contributed by atoms with Gasteiger partial charge in [-0.1, -0.05) is 32.9 Å². The van der Waals surface area contributed by atoms with Gasteiger partial charge in [0, 0.05) is 29.8 Å². The third-order valence-corrected chi connectivity index (χ3v) is 8.09. The van der Waals surface area contributed by atoms with Gasteiger partial charge in [-0.15, -0.1) is 0 Å². The van der Waals surface area contributed by atoms with Gasteiger partial charge in [-0.05, 0) is 71.6 Å². The Hall–Kier alpha value is -5.43. The van der Waals surface area contributed by atoms with Crippen LogP contribution in [0.25, 0.3) is 0 Å². The van der Waals surface area contributed by atoms with Crippen LogP contribution < -0.4 is 9.04 Å². The van der Waals surface area contributed by atoms with Crippen LogP contribution in [-0.4, -0.2) is 30.1 Å². The summed E-state index contributed by atoms with van der Waals surface area (Å²) in [6, 6.07) is 20.5. The second-order valence-electron chi connectivity index (χ2n) is 10.3. The number of nitrogens with zero attached hydrogens (tertiary/aromatic N) is 3. The predicted octanol–water partition coefficient (Wildman–Crippen LogP) is 6.06. The van der Waals surface area contributed by atoms with Crippen molar-refractivity contribution in [3.63, 3.8) is 0 Å². The zero-order valence-corrected chi connectivity index (χ0v) is 24.0. The van der Waals surface area contributed by atoms with Crippen molar-refractivity contribution in [2.75, 3.05) is 4.31 Å². The summed E-state index contributed by atoms with van der Waals surface area (Å²) in [5.41, 5.74) is -0.00798. The maximum atomic E-state index is 13.9. The fourth-order valence-corrected chi connectivity index (χ4v) is 5.39. The summed E-state index contributed by atoms with van der Waals surface area (Å²) in [6.07, 6.45) is 0. The maximum absolute atomic E-state index is 13.9. The lowest BCUT2D eigenvalue weighted by molar-refractivity contribution is -0.385. The minimum Gasteiger partial charge on any atom is -0.423 e. The van der Waals surface area contributed by atoms with E-state index in [0.29, 0.717) is 4.31 Å². The summed E-state index contributed by atoms with van der Waals surface area (Å²) < 4.78 is 33.6. The Balaban J connectivity index is 1.69. The molecule has 12 nitrogen and oxygen atoms in total.